The van der Waals surface area contributed by atoms with E-state index in [-0.39, 0.29) is 128 Å². The summed E-state index contributed by atoms with van der Waals surface area (Å²) in [6, 6.07) is 3.92. The van der Waals surface area contributed by atoms with Crippen LogP contribution in [0.25, 0.3) is 10.9 Å². The number of carbonyl (C=O) groups excluding carboxylic acids is 11. The van der Waals surface area contributed by atoms with Crippen molar-refractivity contribution in [2.75, 3.05) is 109 Å². The van der Waals surface area contributed by atoms with Gasteiger partial charge < -0.3 is 89.2 Å². The highest BCUT2D eigenvalue weighted by Gasteiger charge is 2.35. The first-order chi connectivity index (χ1) is 50.9. The van der Waals surface area contributed by atoms with Crippen LogP contribution < -0.4 is 58.9 Å². The number of aromatic amines is 3. The molecule has 1 aliphatic rings. The molecule has 1 fully saturated rings. The van der Waals surface area contributed by atoms with Gasteiger partial charge in [0.2, 0.25) is 59.1 Å². The van der Waals surface area contributed by atoms with Crippen molar-refractivity contribution in [2.45, 2.75) is 109 Å². The number of nitrogens with zero attached hydrogens (tertiary/aromatic N) is 6. The number of carbonyl (C=O) groups is 14. The molecule has 5 aromatic rings. The van der Waals surface area contributed by atoms with E-state index in [1.54, 1.807) is 51.8 Å². The normalized spacial score (nSPS) is 15.4. The molecule has 11 amide bonds. The molecule has 37 nitrogen and oxygen atoms in total. The summed E-state index contributed by atoms with van der Waals surface area (Å²) in [7, 11) is 0. The zero-order valence-electron chi connectivity index (χ0n) is 60.6. The van der Waals surface area contributed by atoms with E-state index in [9.17, 15) is 82.4 Å². The van der Waals surface area contributed by atoms with Gasteiger partial charge in [-0.2, -0.15) is 11.8 Å². The molecule has 2 aromatic carbocycles. The van der Waals surface area contributed by atoms with Gasteiger partial charge in [0.1, 0.15) is 42.3 Å². The third-order valence-electron chi connectivity index (χ3n) is 17.2. The van der Waals surface area contributed by atoms with E-state index in [1.165, 1.54) is 68.0 Å². The molecule has 1 saturated heterocycles. The highest BCUT2D eigenvalue weighted by Crippen LogP contribution is 2.20. The van der Waals surface area contributed by atoms with E-state index in [0.29, 0.717) is 22.7 Å². The standard InChI is InChI=1S/C69H98N20O17S/c1-40(2)25-51(66(103)81-50(62(70)99)15-24-107-6)83-67(104)53(27-46-30-71-38-76-46)80-56(91)33-75-69(106)61(41(3)4)85-63(100)42(5)78-65(102)52(26-44-29-73-49-10-8-7-9-48(44)49)84-68(105)54(28-47-31-72-39-77-47)82-64(101)43-11-13-45(14-12-43)79-55(90)32-74-57(92)34-86-16-18-87(35-58(93)94)20-22-89(37-60(97)98)23-21-88(19-17-86)36-59(95)96/h7-14,29-31,38-42,50-54,61,73H,15-28,32-37H2,1-6H3,(H2,70,99)(H,71,76)(H,72,77)(H,74,92)(H,75,106)(H,78,102)(H,79,90)(H,80,91)(H,81,103)(H,82,101)(H,83,104)(H,84,105)(H,85,100)(H,93,94)(H,95,96)(H,97,98)/t42-,50-,51-,52-,53-,54-,61-/m0/s1. The molecule has 107 heavy (non-hydrogen) atoms. The van der Waals surface area contributed by atoms with Gasteiger partial charge in [-0.15, -0.1) is 0 Å². The summed E-state index contributed by atoms with van der Waals surface area (Å²) < 4.78 is 0. The summed E-state index contributed by atoms with van der Waals surface area (Å²) in [5.41, 5.74) is 8.02. The summed E-state index contributed by atoms with van der Waals surface area (Å²) >= 11 is 1.46. The first-order valence-corrected chi connectivity index (χ1v) is 36.2. The minimum Gasteiger partial charge on any atom is -0.480 e. The quantitative estimate of drug-likeness (QED) is 0.0185. The van der Waals surface area contributed by atoms with Gasteiger partial charge in [-0.3, -0.25) is 86.7 Å². The molecule has 3 aromatic heterocycles. The Bertz CT molecular complexity index is 3810. The third kappa shape index (κ3) is 29.6. The number of primary amides is 1. The lowest BCUT2D eigenvalue weighted by Crippen LogP contribution is -2.59. The molecule has 0 unspecified atom stereocenters. The maximum Gasteiger partial charge on any atom is 0.317 e. The predicted octanol–water partition coefficient (Wildman–Crippen LogP) is -3.04. The third-order valence-corrected chi connectivity index (χ3v) is 17.9. The minimum absolute atomic E-state index is 0.0422. The van der Waals surface area contributed by atoms with Crippen LogP contribution in [0.1, 0.15) is 74.8 Å². The van der Waals surface area contributed by atoms with Crippen LogP contribution in [-0.2, 0) is 81.6 Å². The highest BCUT2D eigenvalue weighted by atomic mass is 32.2. The number of para-hydroxylation sites is 1. The van der Waals surface area contributed by atoms with E-state index in [2.05, 4.69) is 78.1 Å². The lowest BCUT2D eigenvalue weighted by Gasteiger charge is -2.32. The molecule has 0 spiro atoms. The van der Waals surface area contributed by atoms with Crippen LogP contribution in [0.3, 0.4) is 0 Å². The van der Waals surface area contributed by atoms with Gasteiger partial charge in [0.15, 0.2) is 0 Å². The van der Waals surface area contributed by atoms with Gasteiger partial charge in [-0.05, 0) is 79.5 Å². The fraction of sp³-hybridized carbons (Fsp3) is 0.507. The van der Waals surface area contributed by atoms with Crippen molar-refractivity contribution in [2.24, 2.45) is 17.6 Å². The zero-order chi connectivity index (χ0) is 78.3. The maximum absolute atomic E-state index is 14.6. The number of amides is 11. The fourth-order valence-corrected chi connectivity index (χ4v) is 12.0. The van der Waals surface area contributed by atoms with Crippen molar-refractivity contribution < 1.29 is 82.4 Å². The topological polar surface area (TPSA) is 532 Å². The maximum atomic E-state index is 14.6. The molecule has 6 rings (SSSR count). The molecular formula is C69H98N20O17S. The molecule has 18 N–H and O–H groups in total. The number of carboxylic acids is 3. The van der Waals surface area contributed by atoms with Crippen molar-refractivity contribution in [3.8, 4) is 0 Å². The van der Waals surface area contributed by atoms with Gasteiger partial charge in [0, 0.05) is 124 Å². The summed E-state index contributed by atoms with van der Waals surface area (Å²) in [6.45, 7) is 7.27. The Morgan fingerprint density at radius 1 is 0.514 bits per heavy atom. The number of hydrogen-bond donors (Lipinski definition) is 17. The molecule has 0 bridgehead atoms. The van der Waals surface area contributed by atoms with E-state index in [4.69, 9.17) is 5.73 Å². The van der Waals surface area contributed by atoms with Crippen LogP contribution in [0.15, 0.2) is 79.8 Å². The van der Waals surface area contributed by atoms with Crippen LogP contribution in [-0.4, -0.2) is 289 Å². The van der Waals surface area contributed by atoms with Gasteiger partial charge >= 0.3 is 17.9 Å². The smallest absolute Gasteiger partial charge is 0.317 e. The zero-order valence-corrected chi connectivity index (χ0v) is 61.4. The molecule has 0 saturated carbocycles. The molecule has 1 aliphatic heterocycles. The molecule has 0 radical (unpaired) electrons. The SMILES string of the molecule is CSCC[C@H](NC(=O)[C@H](CC(C)C)NC(=O)[C@H](Cc1cnc[nH]1)NC(=O)CNC(=O)[C@@H](NC(=O)[C@H](C)NC(=O)[C@H](Cc1c[nH]c2ccccc12)NC(=O)[C@H](Cc1cnc[nH]1)NC(=O)c1ccc(NC(=O)CNC(=O)CN2CCN(CC(=O)O)CCN(CC(=O)O)CCN(CC(=O)O)CC2)cc1)C(C)C)C(N)=O. The number of nitrogens with two attached hydrogens (primary N) is 1. The number of aliphatic carboxylic acids is 3. The Labute approximate surface area is 621 Å². The number of benzene rings is 2. The largest absolute Gasteiger partial charge is 0.480 e. The van der Waals surface area contributed by atoms with Gasteiger partial charge in [0.25, 0.3) is 5.91 Å². The first kappa shape index (κ1) is 85.1. The highest BCUT2D eigenvalue weighted by molar-refractivity contribution is 7.98. The van der Waals surface area contributed by atoms with Crippen LogP contribution in [0.5, 0.6) is 0 Å². The van der Waals surface area contributed by atoms with Gasteiger partial charge in [-0.25, -0.2) is 9.97 Å². The molecule has 0 aliphatic carbocycles. The number of imidazole rings is 2. The molecule has 582 valence electrons. The number of thioether (sulfide) groups is 1. The second kappa shape index (κ2) is 43.0. The van der Waals surface area contributed by atoms with E-state index < -0.39 is 144 Å². The average Bonchev–Trinajstić information content (AvgIpc) is 1.70. The average molecular weight is 1510 g/mol. The number of fused-ring (bicyclic) bond motifs is 1. The van der Waals surface area contributed by atoms with E-state index in [0.717, 1.165) is 10.9 Å². The monoisotopic (exact) mass is 1510 g/mol. The fourth-order valence-electron chi connectivity index (χ4n) is 11.5. The van der Waals surface area contributed by atoms with Crippen LogP contribution >= 0.6 is 11.8 Å². The Hall–Kier alpha value is -10.8. The van der Waals surface area contributed by atoms with Crippen molar-refractivity contribution in [1.82, 2.24) is 92.4 Å². The Balaban J connectivity index is 1.08. The summed E-state index contributed by atoms with van der Waals surface area (Å²) in [5.74, 6) is -11.7. The second-order valence-electron chi connectivity index (χ2n) is 26.6. The number of nitrogens with one attached hydrogen (secondary N) is 13. The van der Waals surface area contributed by atoms with Crippen molar-refractivity contribution in [3.05, 3.63) is 102 Å². The Kier molecular flexibility index (Phi) is 34.2. The number of H-pyrrole nitrogens is 3. The Morgan fingerprint density at radius 2 is 1.00 bits per heavy atom. The molecule has 38 heteroatoms. The number of anilines is 1. The lowest BCUT2D eigenvalue weighted by molar-refractivity contribution is -0.140. The van der Waals surface area contributed by atoms with E-state index in [1.807, 2.05) is 32.2 Å². The summed E-state index contributed by atoms with van der Waals surface area (Å²) in [4.78, 5) is 210. The summed E-state index contributed by atoms with van der Waals surface area (Å²) in [5, 5.41) is 55.7. The van der Waals surface area contributed by atoms with Crippen LogP contribution in [0.4, 0.5) is 5.69 Å². The number of aromatic nitrogens is 5. The predicted molar refractivity (Wildman–Crippen MR) is 391 cm³/mol. The van der Waals surface area contributed by atoms with Crippen LogP contribution in [0.2, 0.25) is 0 Å². The first-order valence-electron chi connectivity index (χ1n) is 34.8. The van der Waals surface area contributed by atoms with Gasteiger partial charge in [0.05, 0.1) is 51.9 Å². The number of carboxylic acid groups (broad SMARTS) is 3. The van der Waals surface area contributed by atoms with Crippen molar-refractivity contribution in [3.63, 3.8) is 0 Å². The van der Waals surface area contributed by atoms with Crippen molar-refractivity contribution >= 4 is 111 Å². The lowest BCUT2D eigenvalue weighted by atomic mass is 10.0. The minimum atomic E-state index is -1.41. The summed E-state index contributed by atoms with van der Waals surface area (Å²) in [6.07, 6.45) is 9.13. The van der Waals surface area contributed by atoms with Crippen molar-refractivity contribution in [1.29, 1.82) is 0 Å². The van der Waals surface area contributed by atoms with E-state index >= 15 is 0 Å². The Morgan fingerprint density at radius 3 is 1.50 bits per heavy atom. The number of rotatable bonds is 40. The number of hydrogen-bond acceptors (Lipinski definition) is 21. The molecule has 7 atom stereocenters. The van der Waals surface area contributed by atoms with Crippen LogP contribution in [0, 0.1) is 11.8 Å². The molecular weight excluding hydrogens is 1410 g/mol. The molecule has 4 heterocycles. The van der Waals surface area contributed by atoms with Gasteiger partial charge in [-0.1, -0.05) is 45.9 Å². The second-order valence-corrected chi connectivity index (χ2v) is 27.6.